The molecule has 5 rings (SSSR count). The van der Waals surface area contributed by atoms with Crippen molar-refractivity contribution >= 4 is 23.6 Å². The van der Waals surface area contributed by atoms with Gasteiger partial charge in [0.05, 0.1) is 6.04 Å². The standard InChI is InChI=1S/C35H40N4O5/c40-31-16-14-27(15-17-31)19-21-38-29(24-36-32(41)33(38)42)13-7-8-20-37-25-30(23-28-11-5-2-6-12-28)39(35(44)34(37)43)22-18-26-9-3-1-4-10-26/h1-6,9-12,14-17,29-30,40H,7-8,13,18-25H2,(H,36,41)/t29-,30-/m0/s1. The molecule has 230 valence electrons. The van der Waals surface area contributed by atoms with E-state index in [0.29, 0.717) is 64.8 Å². The van der Waals surface area contributed by atoms with Gasteiger partial charge in [0.25, 0.3) is 0 Å². The van der Waals surface area contributed by atoms with Crippen molar-refractivity contribution in [1.29, 1.82) is 0 Å². The highest BCUT2D eigenvalue weighted by molar-refractivity contribution is 6.36. The molecule has 2 saturated heterocycles. The third-order valence-corrected chi connectivity index (χ3v) is 8.59. The van der Waals surface area contributed by atoms with Gasteiger partial charge in [0.2, 0.25) is 0 Å². The lowest BCUT2D eigenvalue weighted by Crippen LogP contribution is -2.60. The van der Waals surface area contributed by atoms with E-state index in [2.05, 4.69) is 17.4 Å². The fourth-order valence-corrected chi connectivity index (χ4v) is 6.12. The number of phenolic OH excluding ortho intramolecular Hbond substituents is 1. The Labute approximate surface area is 258 Å². The van der Waals surface area contributed by atoms with Gasteiger partial charge in [-0.25, -0.2) is 0 Å². The van der Waals surface area contributed by atoms with Gasteiger partial charge in [-0.3, -0.25) is 19.2 Å². The van der Waals surface area contributed by atoms with E-state index < -0.39 is 23.6 Å². The topological polar surface area (TPSA) is 110 Å². The first-order valence-corrected chi connectivity index (χ1v) is 15.4. The monoisotopic (exact) mass is 596 g/mol. The van der Waals surface area contributed by atoms with Crippen LogP contribution in [0, 0.1) is 0 Å². The zero-order valence-corrected chi connectivity index (χ0v) is 24.9. The molecule has 0 aromatic heterocycles. The van der Waals surface area contributed by atoms with Crippen LogP contribution >= 0.6 is 0 Å². The summed E-state index contributed by atoms with van der Waals surface area (Å²) >= 11 is 0. The molecule has 0 unspecified atom stereocenters. The number of carbonyl (C=O) groups excluding carboxylic acids is 4. The Morgan fingerprint density at radius 1 is 0.636 bits per heavy atom. The fourth-order valence-electron chi connectivity index (χ4n) is 6.12. The summed E-state index contributed by atoms with van der Waals surface area (Å²) in [6, 6.07) is 26.6. The van der Waals surface area contributed by atoms with Crippen LogP contribution in [0.2, 0.25) is 0 Å². The van der Waals surface area contributed by atoms with Crippen molar-refractivity contribution in [2.45, 2.75) is 50.6 Å². The van der Waals surface area contributed by atoms with Crippen LogP contribution in [-0.4, -0.2) is 88.2 Å². The minimum Gasteiger partial charge on any atom is -0.508 e. The molecule has 2 aliphatic heterocycles. The highest BCUT2D eigenvalue weighted by Crippen LogP contribution is 2.20. The number of nitrogens with one attached hydrogen (secondary N) is 1. The van der Waals surface area contributed by atoms with Crippen molar-refractivity contribution in [2.24, 2.45) is 0 Å². The first kappa shape index (κ1) is 30.8. The molecule has 3 aromatic rings. The van der Waals surface area contributed by atoms with Gasteiger partial charge in [0.15, 0.2) is 0 Å². The smallest absolute Gasteiger partial charge is 0.312 e. The molecule has 0 aliphatic carbocycles. The van der Waals surface area contributed by atoms with E-state index in [4.69, 9.17) is 0 Å². The summed E-state index contributed by atoms with van der Waals surface area (Å²) in [5, 5.41) is 12.2. The number of piperazine rings is 2. The maximum absolute atomic E-state index is 13.4. The zero-order chi connectivity index (χ0) is 30.9. The SMILES string of the molecule is O=C1NC[C@H](CCCCN2C[C@H](Cc3ccccc3)N(CCc3ccccc3)C(=O)C2=O)N(CCc2ccc(O)cc2)C1=O. The molecule has 4 amide bonds. The third-order valence-electron chi connectivity index (χ3n) is 8.59. The van der Waals surface area contributed by atoms with Crippen LogP contribution in [0.1, 0.15) is 36.0 Å². The molecular weight excluding hydrogens is 556 g/mol. The molecule has 2 heterocycles. The van der Waals surface area contributed by atoms with E-state index in [1.54, 1.807) is 26.8 Å². The number of phenols is 1. The predicted octanol–water partition coefficient (Wildman–Crippen LogP) is 2.96. The third kappa shape index (κ3) is 7.83. The molecule has 0 saturated carbocycles. The number of amides is 4. The van der Waals surface area contributed by atoms with E-state index in [0.717, 1.165) is 23.1 Å². The number of nitrogens with zero attached hydrogens (tertiary/aromatic N) is 3. The van der Waals surface area contributed by atoms with Crippen LogP contribution in [0.15, 0.2) is 84.9 Å². The summed E-state index contributed by atoms with van der Waals surface area (Å²) in [6.07, 6.45) is 4.03. The fraction of sp³-hybridized carbons (Fsp3) is 0.371. The summed E-state index contributed by atoms with van der Waals surface area (Å²) in [4.78, 5) is 56.5. The Hall–Kier alpha value is -4.66. The van der Waals surface area contributed by atoms with Crippen molar-refractivity contribution in [2.75, 3.05) is 32.7 Å². The highest BCUT2D eigenvalue weighted by atomic mass is 16.3. The van der Waals surface area contributed by atoms with Gasteiger partial charge in [-0.05, 0) is 67.3 Å². The molecular formula is C35H40N4O5. The van der Waals surface area contributed by atoms with Gasteiger partial charge in [-0.1, -0.05) is 72.8 Å². The molecule has 0 spiro atoms. The second-order valence-corrected chi connectivity index (χ2v) is 11.6. The quantitative estimate of drug-likeness (QED) is 0.233. The predicted molar refractivity (Wildman–Crippen MR) is 167 cm³/mol. The molecule has 9 nitrogen and oxygen atoms in total. The van der Waals surface area contributed by atoms with Gasteiger partial charge >= 0.3 is 23.6 Å². The Balaban J connectivity index is 1.17. The van der Waals surface area contributed by atoms with Gasteiger partial charge in [-0.15, -0.1) is 0 Å². The minimum absolute atomic E-state index is 0.118. The van der Waals surface area contributed by atoms with Crippen LogP contribution < -0.4 is 5.32 Å². The van der Waals surface area contributed by atoms with Crippen LogP contribution in [-0.2, 0) is 38.4 Å². The van der Waals surface area contributed by atoms with Crippen LogP contribution in [0.3, 0.4) is 0 Å². The lowest BCUT2D eigenvalue weighted by Gasteiger charge is -2.41. The Morgan fingerprint density at radius 3 is 1.89 bits per heavy atom. The average Bonchev–Trinajstić information content (AvgIpc) is 3.04. The van der Waals surface area contributed by atoms with Crippen LogP contribution in [0.25, 0.3) is 0 Å². The summed E-state index contributed by atoms with van der Waals surface area (Å²) < 4.78 is 0. The number of rotatable bonds is 13. The molecule has 3 aromatic carbocycles. The molecule has 0 bridgehead atoms. The van der Waals surface area contributed by atoms with Crippen molar-refractivity contribution in [3.63, 3.8) is 0 Å². The highest BCUT2D eigenvalue weighted by Gasteiger charge is 2.39. The summed E-state index contributed by atoms with van der Waals surface area (Å²) in [5.41, 5.74) is 3.22. The molecule has 2 N–H and O–H groups in total. The summed E-state index contributed by atoms with van der Waals surface area (Å²) in [5.74, 6) is -1.85. The molecule has 0 radical (unpaired) electrons. The summed E-state index contributed by atoms with van der Waals surface area (Å²) in [7, 11) is 0. The number of benzene rings is 3. The molecule has 2 aliphatic rings. The van der Waals surface area contributed by atoms with Crippen molar-refractivity contribution in [3.8, 4) is 5.75 Å². The molecule has 2 atom stereocenters. The van der Waals surface area contributed by atoms with Crippen molar-refractivity contribution in [1.82, 2.24) is 20.0 Å². The second-order valence-electron chi connectivity index (χ2n) is 11.6. The maximum Gasteiger partial charge on any atom is 0.312 e. The summed E-state index contributed by atoms with van der Waals surface area (Å²) in [6.45, 7) is 2.22. The first-order chi connectivity index (χ1) is 21.4. The van der Waals surface area contributed by atoms with E-state index in [1.165, 1.54) is 0 Å². The normalized spacial score (nSPS) is 19.0. The molecule has 9 heteroatoms. The van der Waals surface area contributed by atoms with Gasteiger partial charge < -0.3 is 25.1 Å². The zero-order valence-electron chi connectivity index (χ0n) is 24.9. The number of carbonyl (C=O) groups is 4. The Kier molecular flexibility index (Phi) is 10.3. The number of aromatic hydroxyl groups is 1. The lowest BCUT2D eigenvalue weighted by atomic mass is 10.00. The van der Waals surface area contributed by atoms with E-state index in [9.17, 15) is 24.3 Å². The number of hydrogen-bond donors (Lipinski definition) is 2. The van der Waals surface area contributed by atoms with Gasteiger partial charge in [0, 0.05) is 38.8 Å². The molecule has 44 heavy (non-hydrogen) atoms. The number of hydrogen-bond acceptors (Lipinski definition) is 5. The van der Waals surface area contributed by atoms with Crippen LogP contribution in [0.5, 0.6) is 5.75 Å². The van der Waals surface area contributed by atoms with E-state index in [1.807, 2.05) is 60.7 Å². The second kappa shape index (κ2) is 14.7. The van der Waals surface area contributed by atoms with Gasteiger partial charge in [-0.2, -0.15) is 0 Å². The van der Waals surface area contributed by atoms with Gasteiger partial charge in [0.1, 0.15) is 5.75 Å². The first-order valence-electron chi connectivity index (χ1n) is 15.4. The maximum atomic E-state index is 13.4. The molecule has 2 fully saturated rings. The Bertz CT molecular complexity index is 1430. The largest absolute Gasteiger partial charge is 0.508 e. The van der Waals surface area contributed by atoms with Crippen molar-refractivity contribution < 1.29 is 24.3 Å². The Morgan fingerprint density at radius 2 is 1.23 bits per heavy atom. The van der Waals surface area contributed by atoms with Crippen molar-refractivity contribution in [3.05, 3.63) is 102 Å². The van der Waals surface area contributed by atoms with Crippen LogP contribution in [0.4, 0.5) is 0 Å². The number of unbranched alkanes of at least 4 members (excludes halogenated alkanes) is 1. The van der Waals surface area contributed by atoms with E-state index in [-0.39, 0.29) is 17.8 Å². The van der Waals surface area contributed by atoms with E-state index >= 15 is 0 Å². The average molecular weight is 597 g/mol. The lowest BCUT2D eigenvalue weighted by molar-refractivity contribution is -0.159. The minimum atomic E-state index is -0.592.